The summed E-state index contributed by atoms with van der Waals surface area (Å²) in [5.74, 6) is 0.955. The Balaban J connectivity index is 1.41. The second kappa shape index (κ2) is 8.34. The van der Waals surface area contributed by atoms with Crippen molar-refractivity contribution >= 4 is 23.3 Å². The molecule has 0 saturated carbocycles. The topological polar surface area (TPSA) is 78.7 Å². The Bertz CT molecular complexity index is 829. The van der Waals surface area contributed by atoms with Crippen LogP contribution >= 0.6 is 11.3 Å². The first-order valence-electron chi connectivity index (χ1n) is 9.57. The van der Waals surface area contributed by atoms with Gasteiger partial charge in [0.15, 0.2) is 5.76 Å². The van der Waals surface area contributed by atoms with E-state index >= 15 is 0 Å². The molecule has 0 bridgehead atoms. The lowest BCUT2D eigenvalue weighted by atomic mass is 9.93. The van der Waals surface area contributed by atoms with Crippen LogP contribution in [0.25, 0.3) is 0 Å². The van der Waals surface area contributed by atoms with E-state index in [1.807, 2.05) is 6.92 Å². The van der Waals surface area contributed by atoms with Gasteiger partial charge in [-0.25, -0.2) is 9.78 Å². The van der Waals surface area contributed by atoms with E-state index in [0.29, 0.717) is 38.5 Å². The van der Waals surface area contributed by atoms with Gasteiger partial charge in [0.2, 0.25) is 0 Å². The number of aromatic nitrogens is 1. The van der Waals surface area contributed by atoms with Crippen LogP contribution in [0, 0.1) is 6.92 Å². The van der Waals surface area contributed by atoms with Gasteiger partial charge in [-0.2, -0.15) is 0 Å². The van der Waals surface area contributed by atoms with Crippen molar-refractivity contribution < 1.29 is 14.0 Å². The first kappa shape index (κ1) is 20.4. The highest BCUT2D eigenvalue weighted by Gasteiger charge is 2.26. The highest BCUT2D eigenvalue weighted by Crippen LogP contribution is 2.23. The number of nitrogens with zero attached hydrogens (tertiary/aromatic N) is 3. The Morgan fingerprint density at radius 1 is 1.18 bits per heavy atom. The molecule has 0 aliphatic carbocycles. The van der Waals surface area contributed by atoms with Crippen molar-refractivity contribution in [3.05, 3.63) is 39.7 Å². The lowest BCUT2D eigenvalue weighted by Crippen LogP contribution is -2.53. The molecule has 0 aromatic carbocycles. The van der Waals surface area contributed by atoms with Crippen molar-refractivity contribution in [3.63, 3.8) is 0 Å². The van der Waals surface area contributed by atoms with Crippen LogP contribution in [0.4, 0.5) is 4.79 Å². The lowest BCUT2D eigenvalue weighted by molar-refractivity contribution is 0.0633. The van der Waals surface area contributed by atoms with Crippen molar-refractivity contribution in [2.75, 3.05) is 32.7 Å². The maximum Gasteiger partial charge on any atom is 0.317 e. The van der Waals surface area contributed by atoms with Crippen LogP contribution in [-0.2, 0) is 11.8 Å². The lowest BCUT2D eigenvalue weighted by Gasteiger charge is -2.34. The van der Waals surface area contributed by atoms with E-state index in [1.165, 1.54) is 0 Å². The number of amides is 3. The summed E-state index contributed by atoms with van der Waals surface area (Å²) in [6, 6.07) is 3.39. The Kier molecular flexibility index (Phi) is 6.07. The molecule has 1 aliphatic heterocycles. The number of aryl methyl sites for hydroxylation is 1. The molecular formula is C20H28N4O3S. The highest BCUT2D eigenvalue weighted by atomic mass is 32.1. The third kappa shape index (κ3) is 4.92. The summed E-state index contributed by atoms with van der Waals surface area (Å²) in [7, 11) is 0. The summed E-state index contributed by atoms with van der Waals surface area (Å²) >= 11 is 1.64. The fourth-order valence-corrected chi connectivity index (χ4v) is 4.00. The predicted octanol–water partition coefficient (Wildman–Crippen LogP) is 3.05. The molecule has 8 heteroatoms. The molecule has 0 spiro atoms. The maximum absolute atomic E-state index is 12.4. The van der Waals surface area contributed by atoms with Gasteiger partial charge in [0.25, 0.3) is 5.91 Å². The van der Waals surface area contributed by atoms with Gasteiger partial charge in [0, 0.05) is 49.9 Å². The predicted molar refractivity (Wildman–Crippen MR) is 109 cm³/mol. The van der Waals surface area contributed by atoms with Gasteiger partial charge in [0.1, 0.15) is 5.76 Å². The minimum absolute atomic E-state index is 0.0451. The van der Waals surface area contributed by atoms with E-state index in [0.717, 1.165) is 22.9 Å². The van der Waals surface area contributed by atoms with Crippen LogP contribution in [0.5, 0.6) is 0 Å². The molecule has 2 aromatic heterocycles. The average Bonchev–Trinajstić information content (AvgIpc) is 3.30. The monoisotopic (exact) mass is 404 g/mol. The molecule has 28 heavy (non-hydrogen) atoms. The molecule has 0 radical (unpaired) electrons. The van der Waals surface area contributed by atoms with Crippen molar-refractivity contribution in [1.82, 2.24) is 20.1 Å². The number of carbonyl (C=O) groups is 2. The standard InChI is InChI=1S/C20H28N4O3S/c1-14-5-6-15(27-14)18(25)23-9-11-24(12-10-23)19(26)21-8-7-17-22-16(13-28-17)20(2,3)4/h5-6,13H,7-12H2,1-4H3,(H,21,26). The Labute approximate surface area is 169 Å². The minimum Gasteiger partial charge on any atom is -0.456 e. The van der Waals surface area contributed by atoms with E-state index in [4.69, 9.17) is 4.42 Å². The molecule has 7 nitrogen and oxygen atoms in total. The van der Waals surface area contributed by atoms with Gasteiger partial charge in [-0.05, 0) is 19.1 Å². The van der Waals surface area contributed by atoms with Crippen molar-refractivity contribution in [2.24, 2.45) is 0 Å². The molecule has 1 N–H and O–H groups in total. The van der Waals surface area contributed by atoms with Crippen molar-refractivity contribution in [1.29, 1.82) is 0 Å². The number of furan rings is 1. The van der Waals surface area contributed by atoms with Crippen LogP contribution in [0.1, 0.15) is 47.8 Å². The Morgan fingerprint density at radius 2 is 1.86 bits per heavy atom. The first-order chi connectivity index (χ1) is 13.2. The van der Waals surface area contributed by atoms with E-state index in [2.05, 4.69) is 36.5 Å². The summed E-state index contributed by atoms with van der Waals surface area (Å²) in [5, 5.41) is 6.09. The van der Waals surface area contributed by atoms with Gasteiger partial charge >= 0.3 is 6.03 Å². The van der Waals surface area contributed by atoms with Crippen molar-refractivity contribution in [2.45, 2.75) is 39.5 Å². The summed E-state index contributed by atoms with van der Waals surface area (Å²) in [6.07, 6.45) is 0.725. The fraction of sp³-hybridized carbons (Fsp3) is 0.550. The van der Waals surface area contributed by atoms with Gasteiger partial charge < -0.3 is 19.5 Å². The van der Waals surface area contributed by atoms with Crippen LogP contribution in [0.15, 0.2) is 21.9 Å². The quantitative estimate of drug-likeness (QED) is 0.849. The van der Waals surface area contributed by atoms with E-state index in [1.54, 1.807) is 33.3 Å². The number of piperazine rings is 1. The average molecular weight is 405 g/mol. The molecule has 1 fully saturated rings. The highest BCUT2D eigenvalue weighted by molar-refractivity contribution is 7.09. The summed E-state index contributed by atoms with van der Waals surface area (Å²) in [4.78, 5) is 32.9. The van der Waals surface area contributed by atoms with Crippen molar-refractivity contribution in [3.8, 4) is 0 Å². The number of carbonyl (C=O) groups excluding carboxylic acids is 2. The molecular weight excluding hydrogens is 376 g/mol. The number of nitrogens with one attached hydrogen (secondary N) is 1. The molecule has 2 aromatic rings. The summed E-state index contributed by atoms with van der Waals surface area (Å²) in [5.41, 5.74) is 1.13. The third-order valence-electron chi connectivity index (χ3n) is 4.74. The summed E-state index contributed by atoms with van der Waals surface area (Å²) in [6.45, 7) is 10.9. The second-order valence-corrected chi connectivity index (χ2v) is 8.99. The molecule has 0 atom stereocenters. The number of thiazole rings is 1. The molecule has 0 unspecified atom stereocenters. The Hall–Kier alpha value is -2.35. The largest absolute Gasteiger partial charge is 0.456 e. The van der Waals surface area contributed by atoms with Gasteiger partial charge in [-0.1, -0.05) is 20.8 Å². The number of hydrogen-bond donors (Lipinski definition) is 1. The summed E-state index contributed by atoms with van der Waals surface area (Å²) < 4.78 is 5.40. The normalized spacial score (nSPS) is 15.0. The molecule has 1 saturated heterocycles. The molecule has 1 aliphatic rings. The zero-order valence-corrected chi connectivity index (χ0v) is 17.8. The molecule has 3 amide bonds. The van der Waals surface area contributed by atoms with Crippen LogP contribution in [-0.4, -0.2) is 59.4 Å². The minimum atomic E-state index is -0.119. The zero-order valence-electron chi connectivity index (χ0n) is 16.9. The van der Waals surface area contributed by atoms with Crippen LogP contribution in [0.3, 0.4) is 0 Å². The fourth-order valence-electron chi connectivity index (χ4n) is 2.98. The zero-order chi connectivity index (χ0) is 20.3. The maximum atomic E-state index is 12.4. The third-order valence-corrected chi connectivity index (χ3v) is 5.65. The first-order valence-corrected chi connectivity index (χ1v) is 10.5. The van der Waals surface area contributed by atoms with Gasteiger partial charge in [-0.3, -0.25) is 4.79 Å². The van der Waals surface area contributed by atoms with E-state index in [9.17, 15) is 9.59 Å². The van der Waals surface area contributed by atoms with Crippen LogP contribution < -0.4 is 5.32 Å². The van der Waals surface area contributed by atoms with E-state index < -0.39 is 0 Å². The molecule has 152 valence electrons. The Morgan fingerprint density at radius 3 is 2.43 bits per heavy atom. The number of urea groups is 1. The van der Waals surface area contributed by atoms with Gasteiger partial charge in [-0.15, -0.1) is 11.3 Å². The second-order valence-electron chi connectivity index (χ2n) is 8.05. The SMILES string of the molecule is Cc1ccc(C(=O)N2CCN(C(=O)NCCc3nc(C(C)(C)C)cs3)CC2)o1. The molecule has 3 rings (SSSR count). The van der Waals surface area contributed by atoms with Gasteiger partial charge in [0.05, 0.1) is 10.7 Å². The number of rotatable bonds is 4. The number of hydrogen-bond acceptors (Lipinski definition) is 5. The smallest absolute Gasteiger partial charge is 0.317 e. The van der Waals surface area contributed by atoms with Crippen LogP contribution in [0.2, 0.25) is 0 Å². The van der Waals surface area contributed by atoms with E-state index in [-0.39, 0.29) is 17.4 Å². The molecule has 3 heterocycles.